The van der Waals surface area contributed by atoms with Crippen LogP contribution in [0.2, 0.25) is 0 Å². The fourth-order valence-electron chi connectivity index (χ4n) is 3.11. The number of amides is 2. The molecule has 8 nitrogen and oxygen atoms in total. The van der Waals surface area contributed by atoms with Crippen LogP contribution in [0.3, 0.4) is 0 Å². The Bertz CT molecular complexity index is 1400. The number of halogens is 2. The van der Waals surface area contributed by atoms with Gasteiger partial charge in [0, 0.05) is 5.54 Å². The lowest BCUT2D eigenvalue weighted by atomic mass is 10.1. The summed E-state index contributed by atoms with van der Waals surface area (Å²) in [5.74, 6) is 0.167. The maximum atomic E-state index is 13.0. The summed E-state index contributed by atoms with van der Waals surface area (Å²) in [7, 11) is -4.41. The van der Waals surface area contributed by atoms with Gasteiger partial charge in [0.1, 0.15) is 22.1 Å². The van der Waals surface area contributed by atoms with Crippen molar-refractivity contribution < 1.29 is 31.5 Å². The molecule has 3 aromatic carbocycles. The molecule has 0 unspecified atom stereocenters. The molecule has 0 saturated carbocycles. The zero-order chi connectivity index (χ0) is 26.5. The van der Waals surface area contributed by atoms with Crippen LogP contribution in [0.15, 0.2) is 71.6 Å². The number of carbonyl (C=O) groups excluding carboxylic acids is 1. The lowest BCUT2D eigenvalue weighted by Crippen LogP contribution is -2.48. The predicted molar refractivity (Wildman–Crippen MR) is 128 cm³/mol. The standard InChI is InChI=1S/C25H23F2N3O5S/c1-25(2,3)29-24(31)30-36(32,33)22-13-16(15-28)7-12-21(22)34-20-6-4-5-18(14-20)17-8-10-19(11-9-17)35-23(26)27/h4-14,23H,1-3H3,(H2,29,30,31). The summed E-state index contributed by atoms with van der Waals surface area (Å²) >= 11 is 0. The van der Waals surface area contributed by atoms with E-state index in [1.165, 1.54) is 24.3 Å². The van der Waals surface area contributed by atoms with Crippen LogP contribution >= 0.6 is 0 Å². The van der Waals surface area contributed by atoms with E-state index >= 15 is 0 Å². The Labute approximate surface area is 207 Å². The molecule has 188 valence electrons. The first-order valence-corrected chi connectivity index (χ1v) is 12.1. The van der Waals surface area contributed by atoms with E-state index in [0.717, 1.165) is 6.07 Å². The molecule has 3 rings (SSSR count). The van der Waals surface area contributed by atoms with Crippen LogP contribution in [0.25, 0.3) is 11.1 Å². The molecule has 0 fully saturated rings. The minimum Gasteiger partial charge on any atom is -0.456 e. The Morgan fingerprint density at radius 1 is 0.972 bits per heavy atom. The van der Waals surface area contributed by atoms with E-state index < -0.39 is 33.1 Å². The second kappa shape index (κ2) is 10.6. The van der Waals surface area contributed by atoms with Crippen molar-refractivity contribution in [1.29, 1.82) is 5.26 Å². The van der Waals surface area contributed by atoms with Crippen molar-refractivity contribution in [2.75, 3.05) is 0 Å². The molecule has 3 aromatic rings. The minimum atomic E-state index is -4.41. The quantitative estimate of drug-likeness (QED) is 0.435. The molecule has 0 aliphatic carbocycles. The van der Waals surface area contributed by atoms with Crippen molar-refractivity contribution in [2.24, 2.45) is 0 Å². The number of nitrogens with one attached hydrogen (secondary N) is 2. The number of benzene rings is 3. The Morgan fingerprint density at radius 3 is 2.28 bits per heavy atom. The molecule has 2 N–H and O–H groups in total. The number of carbonyl (C=O) groups is 1. The number of ether oxygens (including phenoxy) is 2. The molecule has 0 bridgehead atoms. The van der Waals surface area contributed by atoms with E-state index in [0.29, 0.717) is 11.1 Å². The number of nitrogens with zero attached hydrogens (tertiary/aromatic N) is 1. The highest BCUT2D eigenvalue weighted by atomic mass is 32.2. The predicted octanol–water partition coefficient (Wildman–Crippen LogP) is 5.41. The van der Waals surface area contributed by atoms with Crippen molar-refractivity contribution in [3.63, 3.8) is 0 Å². The fraction of sp³-hybridized carbons (Fsp3) is 0.200. The van der Waals surface area contributed by atoms with E-state index in [4.69, 9.17) is 4.74 Å². The number of rotatable bonds is 7. The molecular formula is C25H23F2N3O5S. The van der Waals surface area contributed by atoms with Gasteiger partial charge in [0.2, 0.25) is 0 Å². The molecule has 2 amide bonds. The largest absolute Gasteiger partial charge is 0.456 e. The number of hydrogen-bond donors (Lipinski definition) is 2. The van der Waals surface area contributed by atoms with E-state index in [2.05, 4.69) is 10.1 Å². The van der Waals surface area contributed by atoms with Crippen LogP contribution in [-0.4, -0.2) is 26.6 Å². The van der Waals surface area contributed by atoms with Crippen LogP contribution in [-0.2, 0) is 10.0 Å². The van der Waals surface area contributed by atoms with E-state index in [1.807, 2.05) is 10.8 Å². The maximum Gasteiger partial charge on any atom is 0.387 e. The van der Waals surface area contributed by atoms with Gasteiger partial charge in [-0.2, -0.15) is 14.0 Å². The zero-order valence-electron chi connectivity index (χ0n) is 19.6. The highest BCUT2D eigenvalue weighted by Gasteiger charge is 2.25. The molecule has 0 radical (unpaired) electrons. The minimum absolute atomic E-state index is 0.0107. The average Bonchev–Trinajstić information content (AvgIpc) is 2.78. The first-order chi connectivity index (χ1) is 16.9. The normalized spacial score (nSPS) is 11.5. The van der Waals surface area contributed by atoms with Crippen LogP contribution in [0.5, 0.6) is 17.2 Å². The molecule has 0 spiro atoms. The summed E-state index contributed by atoms with van der Waals surface area (Å²) in [5.41, 5.74) is 0.711. The van der Waals surface area contributed by atoms with Gasteiger partial charge in [0.25, 0.3) is 10.0 Å². The van der Waals surface area contributed by atoms with Gasteiger partial charge in [-0.05, 0) is 74.4 Å². The average molecular weight is 516 g/mol. The van der Waals surface area contributed by atoms with E-state index in [9.17, 15) is 27.3 Å². The molecule has 0 aromatic heterocycles. The maximum absolute atomic E-state index is 13.0. The van der Waals surface area contributed by atoms with Gasteiger partial charge in [-0.3, -0.25) is 0 Å². The number of alkyl halides is 2. The lowest BCUT2D eigenvalue weighted by Gasteiger charge is -2.21. The van der Waals surface area contributed by atoms with Gasteiger partial charge in [-0.25, -0.2) is 17.9 Å². The first-order valence-electron chi connectivity index (χ1n) is 10.6. The van der Waals surface area contributed by atoms with Crippen molar-refractivity contribution in [3.8, 4) is 34.4 Å². The Morgan fingerprint density at radius 2 is 1.67 bits per heavy atom. The summed E-state index contributed by atoms with van der Waals surface area (Å²) in [6.45, 7) is 2.14. The molecule has 0 heterocycles. The third-order valence-electron chi connectivity index (χ3n) is 4.55. The summed E-state index contributed by atoms with van der Waals surface area (Å²) in [4.78, 5) is 11.8. The van der Waals surface area contributed by atoms with Gasteiger partial charge in [-0.15, -0.1) is 0 Å². The van der Waals surface area contributed by atoms with Crippen LogP contribution in [0.1, 0.15) is 26.3 Å². The molecule has 0 aliphatic rings. The third-order valence-corrected chi connectivity index (χ3v) is 5.90. The van der Waals surface area contributed by atoms with Crippen molar-refractivity contribution >= 4 is 16.1 Å². The van der Waals surface area contributed by atoms with Crippen LogP contribution in [0, 0.1) is 11.3 Å². The zero-order valence-corrected chi connectivity index (χ0v) is 20.4. The molecular weight excluding hydrogens is 492 g/mol. The topological polar surface area (TPSA) is 118 Å². The van der Waals surface area contributed by atoms with Crippen molar-refractivity contribution in [2.45, 2.75) is 37.8 Å². The highest BCUT2D eigenvalue weighted by molar-refractivity contribution is 7.90. The molecule has 0 atom stereocenters. The molecule has 0 saturated heterocycles. The van der Waals surface area contributed by atoms with Gasteiger partial charge >= 0.3 is 12.6 Å². The fourth-order valence-corrected chi connectivity index (χ4v) is 4.17. The SMILES string of the molecule is CC(C)(C)NC(=O)NS(=O)(=O)c1cc(C#N)ccc1Oc1cccc(-c2ccc(OC(F)F)cc2)c1. The van der Waals surface area contributed by atoms with Crippen molar-refractivity contribution in [3.05, 3.63) is 72.3 Å². The smallest absolute Gasteiger partial charge is 0.387 e. The van der Waals surface area contributed by atoms with Crippen LogP contribution in [0.4, 0.5) is 13.6 Å². The molecule has 11 heteroatoms. The Hall–Kier alpha value is -4.17. The number of nitriles is 1. The highest BCUT2D eigenvalue weighted by Crippen LogP contribution is 2.32. The van der Waals surface area contributed by atoms with Gasteiger partial charge in [-0.1, -0.05) is 24.3 Å². The summed E-state index contributed by atoms with van der Waals surface area (Å²) in [6, 6.07) is 17.3. The summed E-state index contributed by atoms with van der Waals surface area (Å²) in [5, 5.41) is 11.7. The van der Waals surface area contributed by atoms with E-state index in [-0.39, 0.29) is 22.8 Å². The second-order valence-corrected chi connectivity index (χ2v) is 10.3. The van der Waals surface area contributed by atoms with Crippen molar-refractivity contribution in [1.82, 2.24) is 10.0 Å². The molecule has 36 heavy (non-hydrogen) atoms. The number of sulfonamides is 1. The Kier molecular flexibility index (Phi) is 7.80. The summed E-state index contributed by atoms with van der Waals surface area (Å²) < 4.78 is 62.8. The monoisotopic (exact) mass is 515 g/mol. The van der Waals surface area contributed by atoms with E-state index in [1.54, 1.807) is 57.2 Å². The van der Waals surface area contributed by atoms with Gasteiger partial charge in [0.05, 0.1) is 11.6 Å². The summed E-state index contributed by atoms with van der Waals surface area (Å²) in [6.07, 6.45) is 0. The van der Waals surface area contributed by atoms with Gasteiger partial charge in [0.15, 0.2) is 0 Å². The molecule has 0 aliphatic heterocycles. The number of urea groups is 1. The van der Waals surface area contributed by atoms with Crippen LogP contribution < -0.4 is 19.5 Å². The second-order valence-electron chi connectivity index (χ2n) is 8.62. The lowest BCUT2D eigenvalue weighted by molar-refractivity contribution is -0.0498. The third kappa shape index (κ3) is 7.16. The Balaban J connectivity index is 1.90. The first kappa shape index (κ1) is 26.4. The van der Waals surface area contributed by atoms with Gasteiger partial charge < -0.3 is 14.8 Å². The number of hydrogen-bond acceptors (Lipinski definition) is 6.